The number of hydrogen-bond acceptors (Lipinski definition) is 8. The second kappa shape index (κ2) is 16.5. The van der Waals surface area contributed by atoms with Crippen molar-refractivity contribution < 1.29 is 38.1 Å². The summed E-state index contributed by atoms with van der Waals surface area (Å²) in [6, 6.07) is 0. The number of nitrogens with one attached hydrogen (secondary N) is 1. The zero-order chi connectivity index (χ0) is 22.9. The maximum Gasteiger partial charge on any atom is 0.253 e. The van der Waals surface area contributed by atoms with E-state index in [1.54, 1.807) is 0 Å². The molecule has 0 spiro atoms. The lowest BCUT2D eigenvalue weighted by Gasteiger charge is -2.13. The van der Waals surface area contributed by atoms with E-state index in [1.807, 2.05) is 13.8 Å². The minimum absolute atomic E-state index is 0.0449. The maximum absolute atomic E-state index is 11.7. The monoisotopic (exact) mass is 442 g/mol. The van der Waals surface area contributed by atoms with Crippen LogP contribution in [-0.2, 0) is 38.1 Å². The number of imide groups is 1. The fourth-order valence-electron chi connectivity index (χ4n) is 2.44. The fourth-order valence-corrected chi connectivity index (χ4v) is 2.44. The van der Waals surface area contributed by atoms with Crippen LogP contribution in [0.2, 0.25) is 0 Å². The lowest BCUT2D eigenvalue weighted by atomic mass is 10.1. The Bertz CT molecular complexity index is 588. The number of amides is 3. The van der Waals surface area contributed by atoms with Crippen LogP contribution in [0.25, 0.3) is 0 Å². The Balaban J connectivity index is 1.79. The van der Waals surface area contributed by atoms with E-state index in [2.05, 4.69) is 5.32 Å². The SMILES string of the molecule is CC(C)C(=O)CCOCCOCCOCCOCCNC(=O)CCN1C(=O)C=CC1=O. The van der Waals surface area contributed by atoms with E-state index in [-0.39, 0.29) is 30.6 Å². The number of rotatable bonds is 19. The van der Waals surface area contributed by atoms with Gasteiger partial charge in [0.2, 0.25) is 5.91 Å². The summed E-state index contributed by atoms with van der Waals surface area (Å²) in [4.78, 5) is 46.8. The van der Waals surface area contributed by atoms with Gasteiger partial charge >= 0.3 is 0 Å². The van der Waals surface area contributed by atoms with Gasteiger partial charge in [0.1, 0.15) is 5.78 Å². The van der Waals surface area contributed by atoms with Crippen LogP contribution in [0.15, 0.2) is 12.2 Å². The summed E-state index contributed by atoms with van der Waals surface area (Å²) in [5.41, 5.74) is 0. The highest BCUT2D eigenvalue weighted by atomic mass is 16.6. The second-order valence-corrected chi connectivity index (χ2v) is 7.08. The van der Waals surface area contributed by atoms with Crippen molar-refractivity contribution in [3.63, 3.8) is 0 Å². The normalized spacial score (nSPS) is 13.5. The Labute approximate surface area is 183 Å². The Morgan fingerprint density at radius 3 is 1.81 bits per heavy atom. The van der Waals surface area contributed by atoms with Gasteiger partial charge in [-0.3, -0.25) is 24.1 Å². The molecule has 0 aromatic rings. The van der Waals surface area contributed by atoms with Gasteiger partial charge in [-0.05, 0) is 0 Å². The predicted octanol–water partition coefficient (Wildman–Crippen LogP) is 0.0993. The molecule has 0 atom stereocenters. The van der Waals surface area contributed by atoms with Crippen LogP contribution in [0, 0.1) is 5.92 Å². The zero-order valence-corrected chi connectivity index (χ0v) is 18.4. The van der Waals surface area contributed by atoms with Crippen LogP contribution >= 0.6 is 0 Å². The standard InChI is InChI=1S/C21H34N2O8/c1-17(2)18(24)6-9-28-11-13-30-15-16-31-14-12-29-10-7-22-19(25)5-8-23-20(26)3-4-21(23)27/h3-4,17H,5-16H2,1-2H3,(H,22,25). The Morgan fingerprint density at radius 2 is 1.29 bits per heavy atom. The van der Waals surface area contributed by atoms with E-state index in [0.717, 1.165) is 4.90 Å². The van der Waals surface area contributed by atoms with Crippen LogP contribution in [0.3, 0.4) is 0 Å². The molecule has 0 aromatic carbocycles. The Morgan fingerprint density at radius 1 is 0.806 bits per heavy atom. The summed E-state index contributed by atoms with van der Waals surface area (Å²) in [7, 11) is 0. The lowest BCUT2D eigenvalue weighted by Crippen LogP contribution is -2.35. The molecular formula is C21H34N2O8. The molecule has 0 aliphatic carbocycles. The van der Waals surface area contributed by atoms with Gasteiger partial charge in [-0.15, -0.1) is 0 Å². The van der Waals surface area contributed by atoms with Crippen molar-refractivity contribution in [3.05, 3.63) is 12.2 Å². The molecule has 0 aromatic heterocycles. The summed E-state index contributed by atoms with van der Waals surface area (Å²) in [5.74, 6) is -0.794. The minimum atomic E-state index is -0.394. The van der Waals surface area contributed by atoms with Crippen molar-refractivity contribution >= 4 is 23.5 Å². The van der Waals surface area contributed by atoms with Crippen molar-refractivity contribution in [1.82, 2.24) is 10.2 Å². The maximum atomic E-state index is 11.7. The Hall–Kier alpha value is -2.14. The van der Waals surface area contributed by atoms with Gasteiger partial charge < -0.3 is 24.3 Å². The number of carbonyl (C=O) groups is 4. The number of hydrogen-bond donors (Lipinski definition) is 1. The smallest absolute Gasteiger partial charge is 0.253 e. The van der Waals surface area contributed by atoms with Crippen LogP contribution in [0.1, 0.15) is 26.7 Å². The third kappa shape index (κ3) is 13.0. The summed E-state index contributed by atoms with van der Waals surface area (Å²) >= 11 is 0. The van der Waals surface area contributed by atoms with Gasteiger partial charge in [0.25, 0.3) is 11.8 Å². The van der Waals surface area contributed by atoms with E-state index in [0.29, 0.717) is 65.8 Å². The molecule has 3 amide bonds. The van der Waals surface area contributed by atoms with Gasteiger partial charge in [0.15, 0.2) is 0 Å². The first-order valence-electron chi connectivity index (χ1n) is 10.6. The van der Waals surface area contributed by atoms with E-state index in [1.165, 1.54) is 12.2 Å². The molecule has 1 N–H and O–H groups in total. The average molecular weight is 443 g/mol. The molecule has 1 aliphatic rings. The quantitative estimate of drug-likeness (QED) is 0.221. The summed E-state index contributed by atoms with van der Waals surface area (Å²) in [6.07, 6.45) is 2.87. The largest absolute Gasteiger partial charge is 0.379 e. The summed E-state index contributed by atoms with van der Waals surface area (Å²) < 4.78 is 21.4. The van der Waals surface area contributed by atoms with Crippen LogP contribution < -0.4 is 5.32 Å². The number of Topliss-reactive ketones (excluding diaryl/α,β-unsaturated/α-hetero) is 1. The number of carbonyl (C=O) groups excluding carboxylic acids is 4. The van der Waals surface area contributed by atoms with Crippen LogP contribution in [0.5, 0.6) is 0 Å². The van der Waals surface area contributed by atoms with Crippen LogP contribution in [-0.4, -0.2) is 94.3 Å². The van der Waals surface area contributed by atoms with Crippen molar-refractivity contribution in [2.45, 2.75) is 26.7 Å². The number of nitrogens with zero attached hydrogens (tertiary/aromatic N) is 1. The van der Waals surface area contributed by atoms with Gasteiger partial charge in [-0.1, -0.05) is 13.8 Å². The first-order valence-corrected chi connectivity index (χ1v) is 10.6. The van der Waals surface area contributed by atoms with Gasteiger partial charge in [-0.2, -0.15) is 0 Å². The van der Waals surface area contributed by atoms with E-state index in [4.69, 9.17) is 18.9 Å². The molecule has 10 heteroatoms. The molecule has 176 valence electrons. The van der Waals surface area contributed by atoms with E-state index < -0.39 is 11.8 Å². The topological polar surface area (TPSA) is 120 Å². The molecule has 1 aliphatic heterocycles. The second-order valence-electron chi connectivity index (χ2n) is 7.08. The van der Waals surface area contributed by atoms with Crippen molar-refractivity contribution in [2.24, 2.45) is 5.92 Å². The molecule has 0 radical (unpaired) electrons. The molecular weight excluding hydrogens is 408 g/mol. The first kappa shape index (κ1) is 26.9. The third-order valence-electron chi connectivity index (χ3n) is 4.28. The van der Waals surface area contributed by atoms with Crippen LogP contribution in [0.4, 0.5) is 0 Å². The fraction of sp³-hybridized carbons (Fsp3) is 0.714. The minimum Gasteiger partial charge on any atom is -0.379 e. The highest BCUT2D eigenvalue weighted by Crippen LogP contribution is 2.03. The molecule has 0 fully saturated rings. The molecule has 0 bridgehead atoms. The van der Waals surface area contributed by atoms with Gasteiger partial charge in [-0.25, -0.2) is 0 Å². The molecule has 0 saturated carbocycles. The number of ketones is 1. The first-order chi connectivity index (χ1) is 14.9. The summed E-state index contributed by atoms with van der Waals surface area (Å²) in [5, 5.41) is 2.66. The predicted molar refractivity (Wildman–Crippen MR) is 111 cm³/mol. The molecule has 1 heterocycles. The highest BCUT2D eigenvalue weighted by molar-refractivity contribution is 6.13. The molecule has 0 saturated heterocycles. The van der Waals surface area contributed by atoms with Gasteiger partial charge in [0.05, 0.1) is 52.9 Å². The number of ether oxygens (including phenoxy) is 4. The molecule has 0 unspecified atom stereocenters. The van der Waals surface area contributed by atoms with Crippen molar-refractivity contribution in [2.75, 3.05) is 65.9 Å². The third-order valence-corrected chi connectivity index (χ3v) is 4.28. The lowest BCUT2D eigenvalue weighted by molar-refractivity contribution is -0.137. The molecule has 10 nitrogen and oxygen atoms in total. The average Bonchev–Trinajstić information content (AvgIpc) is 3.06. The van der Waals surface area contributed by atoms with Crippen molar-refractivity contribution in [1.29, 1.82) is 0 Å². The Kier molecular flexibility index (Phi) is 14.3. The van der Waals surface area contributed by atoms with Gasteiger partial charge in [0, 0.05) is 44.0 Å². The summed E-state index contributed by atoms with van der Waals surface area (Å²) in [6.45, 7) is 7.50. The van der Waals surface area contributed by atoms with E-state index >= 15 is 0 Å². The zero-order valence-electron chi connectivity index (χ0n) is 18.4. The molecule has 1 rings (SSSR count). The van der Waals surface area contributed by atoms with E-state index in [9.17, 15) is 19.2 Å². The highest BCUT2D eigenvalue weighted by Gasteiger charge is 2.23. The van der Waals surface area contributed by atoms with Crippen molar-refractivity contribution in [3.8, 4) is 0 Å². The molecule has 31 heavy (non-hydrogen) atoms.